The summed E-state index contributed by atoms with van der Waals surface area (Å²) in [7, 11) is 0. The Labute approximate surface area is 240 Å². The number of benzene rings is 6. The number of fused-ring (bicyclic) bond motifs is 13. The molecule has 2 heterocycles. The van der Waals surface area contributed by atoms with Crippen LogP contribution in [0.25, 0.3) is 38.6 Å². The maximum atomic E-state index is 6.97. The highest BCUT2D eigenvalue weighted by Crippen LogP contribution is 2.63. The standard InChI is InChI=1S/C37H22BrNO/c38-23-18-19-26-25-12-4-6-14-28(25)37(31(26)22-23)29-15-7-9-17-34(29)40-36-30(37)20-21-33-35(36)27-13-5-8-16-32(27)39(33)24-10-2-1-3-11-24/h1-22H. The van der Waals surface area contributed by atoms with Crippen molar-refractivity contribution in [2.75, 3.05) is 0 Å². The fourth-order valence-electron chi connectivity index (χ4n) is 7.24. The molecule has 0 amide bonds. The van der Waals surface area contributed by atoms with Crippen molar-refractivity contribution in [2.24, 2.45) is 0 Å². The van der Waals surface area contributed by atoms with E-state index in [1.807, 2.05) is 0 Å². The smallest absolute Gasteiger partial charge is 0.142 e. The number of halogens is 1. The van der Waals surface area contributed by atoms with Crippen LogP contribution in [0.5, 0.6) is 11.5 Å². The third-order valence-electron chi connectivity index (χ3n) is 8.72. The molecule has 0 fully saturated rings. The van der Waals surface area contributed by atoms with E-state index in [0.29, 0.717) is 0 Å². The zero-order valence-corrected chi connectivity index (χ0v) is 23.0. The predicted molar refractivity (Wildman–Crippen MR) is 166 cm³/mol. The van der Waals surface area contributed by atoms with Gasteiger partial charge in [0, 0.05) is 26.7 Å². The molecule has 9 rings (SSSR count). The highest BCUT2D eigenvalue weighted by Gasteiger charge is 2.51. The van der Waals surface area contributed by atoms with Crippen LogP contribution in [0.4, 0.5) is 0 Å². The molecule has 1 aromatic heterocycles. The van der Waals surface area contributed by atoms with E-state index in [4.69, 9.17) is 4.74 Å². The molecule has 2 aliphatic rings. The Bertz CT molecular complexity index is 2160. The molecule has 1 atom stereocenters. The average Bonchev–Trinajstić information content (AvgIpc) is 3.49. The topological polar surface area (TPSA) is 14.2 Å². The Morgan fingerprint density at radius 3 is 2.17 bits per heavy atom. The summed E-state index contributed by atoms with van der Waals surface area (Å²) in [6.07, 6.45) is 0. The van der Waals surface area contributed by atoms with E-state index in [0.717, 1.165) is 32.6 Å². The molecule has 1 unspecified atom stereocenters. The van der Waals surface area contributed by atoms with E-state index in [1.54, 1.807) is 0 Å². The summed E-state index contributed by atoms with van der Waals surface area (Å²) < 4.78 is 10.4. The monoisotopic (exact) mass is 575 g/mol. The van der Waals surface area contributed by atoms with E-state index < -0.39 is 5.41 Å². The largest absolute Gasteiger partial charge is 0.456 e. The normalized spacial score (nSPS) is 16.4. The lowest BCUT2D eigenvalue weighted by atomic mass is 9.66. The molecule has 1 aliphatic carbocycles. The quantitative estimate of drug-likeness (QED) is 0.190. The van der Waals surface area contributed by atoms with Crippen molar-refractivity contribution in [1.29, 1.82) is 0 Å². The lowest BCUT2D eigenvalue weighted by Crippen LogP contribution is -2.32. The van der Waals surface area contributed by atoms with Crippen LogP contribution in [-0.2, 0) is 5.41 Å². The van der Waals surface area contributed by atoms with Crippen LogP contribution in [-0.4, -0.2) is 4.57 Å². The molecule has 0 bridgehead atoms. The van der Waals surface area contributed by atoms with Crippen molar-refractivity contribution in [1.82, 2.24) is 4.57 Å². The molecule has 7 aromatic rings. The van der Waals surface area contributed by atoms with Gasteiger partial charge in [-0.1, -0.05) is 107 Å². The Morgan fingerprint density at radius 2 is 1.27 bits per heavy atom. The van der Waals surface area contributed by atoms with Gasteiger partial charge in [0.2, 0.25) is 0 Å². The van der Waals surface area contributed by atoms with Crippen molar-refractivity contribution in [3.05, 3.63) is 160 Å². The van der Waals surface area contributed by atoms with Crippen LogP contribution in [0.3, 0.4) is 0 Å². The van der Waals surface area contributed by atoms with Gasteiger partial charge in [-0.3, -0.25) is 0 Å². The number of rotatable bonds is 1. The van der Waals surface area contributed by atoms with E-state index in [-0.39, 0.29) is 0 Å². The Kier molecular flexibility index (Phi) is 4.43. The molecule has 6 aromatic carbocycles. The Hall–Kier alpha value is -4.60. The maximum Gasteiger partial charge on any atom is 0.142 e. The first-order valence-corrected chi connectivity index (χ1v) is 14.4. The van der Waals surface area contributed by atoms with Gasteiger partial charge in [-0.25, -0.2) is 0 Å². The second-order valence-electron chi connectivity index (χ2n) is 10.6. The predicted octanol–water partition coefficient (Wildman–Crippen LogP) is 10.0. The van der Waals surface area contributed by atoms with Crippen molar-refractivity contribution >= 4 is 37.7 Å². The summed E-state index contributed by atoms with van der Waals surface area (Å²) in [5.41, 5.74) is 10.4. The fourth-order valence-corrected chi connectivity index (χ4v) is 7.60. The highest BCUT2D eigenvalue weighted by atomic mass is 79.9. The van der Waals surface area contributed by atoms with Gasteiger partial charge in [-0.2, -0.15) is 0 Å². The van der Waals surface area contributed by atoms with Crippen LogP contribution in [0, 0.1) is 0 Å². The van der Waals surface area contributed by atoms with E-state index in [9.17, 15) is 0 Å². The SMILES string of the molecule is Brc1ccc2c(c1)C1(c3ccccc3Oc3c1ccc1c3c3ccccc3n1-c1ccccc1)c1ccccc1-2. The molecule has 2 nitrogen and oxygen atoms in total. The first-order valence-electron chi connectivity index (χ1n) is 13.6. The van der Waals surface area contributed by atoms with E-state index >= 15 is 0 Å². The molecule has 40 heavy (non-hydrogen) atoms. The van der Waals surface area contributed by atoms with Crippen LogP contribution in [0.1, 0.15) is 22.3 Å². The summed E-state index contributed by atoms with van der Waals surface area (Å²) in [6, 6.07) is 48.0. The fraction of sp³-hybridized carbons (Fsp3) is 0.0270. The minimum absolute atomic E-state index is 0.496. The Balaban J connectivity index is 1.49. The molecule has 3 heteroatoms. The third-order valence-corrected chi connectivity index (χ3v) is 9.21. The van der Waals surface area contributed by atoms with Crippen molar-refractivity contribution in [3.8, 4) is 28.3 Å². The molecule has 0 N–H and O–H groups in total. The van der Waals surface area contributed by atoms with Gasteiger partial charge in [0.15, 0.2) is 0 Å². The molecule has 188 valence electrons. The number of ether oxygens (including phenoxy) is 1. The summed E-state index contributed by atoms with van der Waals surface area (Å²) >= 11 is 3.81. The van der Waals surface area contributed by atoms with Gasteiger partial charge in [0.25, 0.3) is 0 Å². The molecule has 0 radical (unpaired) electrons. The first-order chi connectivity index (χ1) is 19.8. The molecule has 0 saturated heterocycles. The summed E-state index contributed by atoms with van der Waals surface area (Å²) in [6.45, 7) is 0. The van der Waals surface area contributed by atoms with Crippen LogP contribution in [0.2, 0.25) is 0 Å². The summed E-state index contributed by atoms with van der Waals surface area (Å²) in [4.78, 5) is 0. The van der Waals surface area contributed by atoms with Gasteiger partial charge in [-0.15, -0.1) is 0 Å². The highest BCUT2D eigenvalue weighted by molar-refractivity contribution is 9.10. The molecular formula is C37H22BrNO. The van der Waals surface area contributed by atoms with Crippen LogP contribution >= 0.6 is 15.9 Å². The molecule has 1 spiro atoms. The lowest BCUT2D eigenvalue weighted by Gasteiger charge is -2.39. The first kappa shape index (κ1) is 22.2. The summed E-state index contributed by atoms with van der Waals surface area (Å²) in [5, 5.41) is 2.33. The Morgan fingerprint density at radius 1 is 0.550 bits per heavy atom. The van der Waals surface area contributed by atoms with Crippen molar-refractivity contribution in [2.45, 2.75) is 5.41 Å². The second kappa shape index (κ2) is 7.97. The van der Waals surface area contributed by atoms with E-state index in [2.05, 4.69) is 154 Å². The van der Waals surface area contributed by atoms with Gasteiger partial charge >= 0.3 is 0 Å². The van der Waals surface area contributed by atoms with Gasteiger partial charge in [0.1, 0.15) is 11.5 Å². The number of aromatic nitrogens is 1. The minimum Gasteiger partial charge on any atom is -0.456 e. The van der Waals surface area contributed by atoms with Crippen LogP contribution in [0.15, 0.2) is 138 Å². The van der Waals surface area contributed by atoms with Gasteiger partial charge in [-0.05, 0) is 64.7 Å². The number of para-hydroxylation sites is 3. The van der Waals surface area contributed by atoms with Gasteiger partial charge in [0.05, 0.1) is 21.8 Å². The minimum atomic E-state index is -0.496. The van der Waals surface area contributed by atoms with Gasteiger partial charge < -0.3 is 9.30 Å². The summed E-state index contributed by atoms with van der Waals surface area (Å²) in [5.74, 6) is 1.84. The van der Waals surface area contributed by atoms with Crippen molar-refractivity contribution in [3.63, 3.8) is 0 Å². The molecule has 0 saturated carbocycles. The zero-order chi connectivity index (χ0) is 26.4. The zero-order valence-electron chi connectivity index (χ0n) is 21.4. The van der Waals surface area contributed by atoms with Crippen molar-refractivity contribution < 1.29 is 4.74 Å². The number of hydrogen-bond donors (Lipinski definition) is 0. The average molecular weight is 576 g/mol. The van der Waals surface area contributed by atoms with E-state index in [1.165, 1.54) is 44.3 Å². The maximum absolute atomic E-state index is 6.97. The number of hydrogen-bond acceptors (Lipinski definition) is 1. The second-order valence-corrected chi connectivity index (χ2v) is 11.5. The molecular weight excluding hydrogens is 554 g/mol. The number of nitrogens with zero attached hydrogens (tertiary/aromatic N) is 1. The molecule has 1 aliphatic heterocycles. The van der Waals surface area contributed by atoms with Crippen LogP contribution < -0.4 is 4.74 Å². The lowest BCUT2D eigenvalue weighted by molar-refractivity contribution is 0.442. The third kappa shape index (κ3) is 2.68.